The lowest BCUT2D eigenvalue weighted by atomic mass is 9.42. The number of ether oxygens (including phenoxy) is 6. The number of carbonyl (C=O) groups excluding carboxylic acids is 3. The van der Waals surface area contributed by atoms with Crippen molar-refractivity contribution in [2.75, 3.05) is 19.8 Å². The summed E-state index contributed by atoms with van der Waals surface area (Å²) in [5, 5.41) is 0. The first-order valence-corrected chi connectivity index (χ1v) is 12.9. The molecule has 0 bridgehead atoms. The third kappa shape index (κ3) is 3.80. The van der Waals surface area contributed by atoms with E-state index in [9.17, 15) is 14.4 Å². The van der Waals surface area contributed by atoms with Crippen molar-refractivity contribution in [3.8, 4) is 0 Å². The topological polar surface area (TPSA) is 110 Å². The molecule has 0 radical (unpaired) electrons. The van der Waals surface area contributed by atoms with Crippen molar-refractivity contribution < 1.29 is 42.8 Å². The second-order valence-electron chi connectivity index (χ2n) is 11.5. The monoisotopic (exact) mass is 494 g/mol. The van der Waals surface area contributed by atoms with Crippen molar-refractivity contribution in [2.45, 2.75) is 96.9 Å². The molecule has 35 heavy (non-hydrogen) atoms. The first-order chi connectivity index (χ1) is 16.5. The molecule has 0 unspecified atom stereocenters. The molecule has 5 rings (SSSR count). The number of carbonyl (C=O) groups is 3. The Morgan fingerprint density at radius 3 is 2.37 bits per heavy atom. The molecule has 196 valence electrons. The second-order valence-corrected chi connectivity index (χ2v) is 11.5. The summed E-state index contributed by atoms with van der Waals surface area (Å²) in [6.45, 7) is 9.80. The molecule has 1 spiro atoms. The molecule has 0 aromatic heterocycles. The molecule has 2 aliphatic carbocycles. The Bertz CT molecular complexity index is 884. The maximum absolute atomic E-state index is 12.2. The van der Waals surface area contributed by atoms with Crippen molar-refractivity contribution in [2.24, 2.45) is 28.6 Å². The van der Waals surface area contributed by atoms with Crippen molar-refractivity contribution in [1.29, 1.82) is 0 Å². The molecule has 0 aromatic rings. The first-order valence-electron chi connectivity index (χ1n) is 12.9. The van der Waals surface area contributed by atoms with Gasteiger partial charge in [0.05, 0.1) is 30.7 Å². The number of esters is 3. The fourth-order valence-corrected chi connectivity index (χ4v) is 8.07. The smallest absolute Gasteiger partial charge is 0.302 e. The molecule has 5 aliphatic rings. The van der Waals surface area contributed by atoms with Crippen LogP contribution in [0.5, 0.6) is 0 Å². The van der Waals surface area contributed by atoms with Gasteiger partial charge in [0, 0.05) is 26.2 Å². The lowest BCUT2D eigenvalue weighted by molar-refractivity contribution is -0.255. The number of fused-ring (bicyclic) bond motifs is 3. The quantitative estimate of drug-likeness (QED) is 0.324. The van der Waals surface area contributed by atoms with Crippen molar-refractivity contribution in [1.82, 2.24) is 0 Å². The van der Waals surface area contributed by atoms with Crippen LogP contribution in [0, 0.1) is 28.6 Å². The van der Waals surface area contributed by atoms with Crippen LogP contribution in [0.15, 0.2) is 0 Å². The van der Waals surface area contributed by atoms with Crippen molar-refractivity contribution in [3.63, 3.8) is 0 Å². The zero-order chi connectivity index (χ0) is 25.2. The zero-order valence-electron chi connectivity index (χ0n) is 21.4. The summed E-state index contributed by atoms with van der Waals surface area (Å²) >= 11 is 0. The molecule has 9 nitrogen and oxygen atoms in total. The van der Waals surface area contributed by atoms with Crippen LogP contribution < -0.4 is 0 Å². The van der Waals surface area contributed by atoms with Gasteiger partial charge in [0.1, 0.15) is 24.4 Å². The molecule has 0 amide bonds. The molecular formula is C26H38O9. The average molecular weight is 495 g/mol. The summed E-state index contributed by atoms with van der Waals surface area (Å²) in [5.41, 5.74) is -1.44. The molecule has 0 aromatic carbocycles. The van der Waals surface area contributed by atoms with Gasteiger partial charge in [-0.1, -0.05) is 20.3 Å². The molecular weight excluding hydrogens is 456 g/mol. The number of epoxide rings is 1. The van der Waals surface area contributed by atoms with Crippen LogP contribution >= 0.6 is 0 Å². The molecule has 5 fully saturated rings. The highest BCUT2D eigenvalue weighted by molar-refractivity contribution is 5.67. The summed E-state index contributed by atoms with van der Waals surface area (Å²) in [4.78, 5) is 35.9. The minimum absolute atomic E-state index is 0.0169. The summed E-state index contributed by atoms with van der Waals surface area (Å²) in [7, 11) is 0. The number of hydrogen-bond acceptors (Lipinski definition) is 9. The van der Waals surface area contributed by atoms with Gasteiger partial charge in [-0.25, -0.2) is 0 Å². The van der Waals surface area contributed by atoms with E-state index in [4.69, 9.17) is 28.4 Å². The van der Waals surface area contributed by atoms with Gasteiger partial charge in [-0.3, -0.25) is 14.4 Å². The average Bonchev–Trinajstić information content (AvgIpc) is 3.26. The minimum Gasteiger partial charge on any atom is -0.465 e. The van der Waals surface area contributed by atoms with Gasteiger partial charge >= 0.3 is 17.9 Å². The van der Waals surface area contributed by atoms with E-state index >= 15 is 0 Å². The van der Waals surface area contributed by atoms with Gasteiger partial charge in [-0.15, -0.1) is 0 Å². The van der Waals surface area contributed by atoms with E-state index in [1.807, 2.05) is 0 Å². The van der Waals surface area contributed by atoms with Crippen molar-refractivity contribution in [3.05, 3.63) is 0 Å². The van der Waals surface area contributed by atoms with Gasteiger partial charge < -0.3 is 28.4 Å². The van der Waals surface area contributed by atoms with Gasteiger partial charge in [0.25, 0.3) is 0 Å². The minimum atomic E-state index is -0.652. The van der Waals surface area contributed by atoms with Crippen molar-refractivity contribution >= 4 is 17.9 Å². The molecule has 3 heterocycles. The molecule has 3 aliphatic heterocycles. The van der Waals surface area contributed by atoms with E-state index in [0.29, 0.717) is 19.6 Å². The van der Waals surface area contributed by atoms with Crippen LogP contribution in [0.3, 0.4) is 0 Å². The van der Waals surface area contributed by atoms with Gasteiger partial charge in [-0.2, -0.15) is 0 Å². The fraction of sp³-hybridized carbons (Fsp3) is 0.885. The van der Waals surface area contributed by atoms with E-state index in [-0.39, 0.29) is 59.9 Å². The zero-order valence-corrected chi connectivity index (χ0v) is 21.4. The summed E-state index contributed by atoms with van der Waals surface area (Å²) < 4.78 is 35.9. The summed E-state index contributed by atoms with van der Waals surface area (Å²) in [6, 6.07) is 0. The SMILES string of the molecule is CC(=O)OC[C@@]12[C@@H](OC(C)=O)C[C@@H](C)[C@](C)([C@@H]3C[C@@H]4[C@@H](OC[C@H]4OC(C)=O)O3)[C@H]1CCC[C@]21CO1. The number of hydrogen-bond donors (Lipinski definition) is 0. The first kappa shape index (κ1) is 25.0. The normalized spacial score (nSPS) is 48.1. The van der Waals surface area contributed by atoms with E-state index in [2.05, 4.69) is 13.8 Å². The van der Waals surface area contributed by atoms with Gasteiger partial charge in [-0.05, 0) is 37.5 Å². The number of rotatable bonds is 5. The van der Waals surface area contributed by atoms with E-state index in [1.54, 1.807) is 0 Å². The van der Waals surface area contributed by atoms with Crippen LogP contribution in [-0.4, -0.2) is 67.9 Å². The highest BCUT2D eigenvalue weighted by Gasteiger charge is 2.76. The maximum atomic E-state index is 12.2. The Hall–Kier alpha value is -1.71. The fourth-order valence-electron chi connectivity index (χ4n) is 8.07. The Labute approximate surface area is 206 Å². The molecule has 2 saturated carbocycles. The Morgan fingerprint density at radius 1 is 1.03 bits per heavy atom. The van der Waals surface area contributed by atoms with Crippen LogP contribution in [0.25, 0.3) is 0 Å². The summed E-state index contributed by atoms with van der Waals surface area (Å²) in [6.07, 6.45) is 2.80. The van der Waals surface area contributed by atoms with Gasteiger partial charge in [0.15, 0.2) is 6.29 Å². The van der Waals surface area contributed by atoms with Crippen LogP contribution in [0.1, 0.15) is 66.7 Å². The van der Waals surface area contributed by atoms with Crippen LogP contribution in [0.2, 0.25) is 0 Å². The lowest BCUT2D eigenvalue weighted by Gasteiger charge is -2.64. The standard InChI is InChI=1S/C26H38O9/c1-14-9-22(34-17(4)29)26(13-31-15(2)27)20(7-6-8-25(26)12-32-25)24(14,5)21-10-18-19(33-16(3)28)11-30-23(18)35-21/h14,18-23H,6-13H2,1-5H3/t14-,18+,19-,20-,21+,22+,23+,24+,25+,26+/m1/s1. The van der Waals surface area contributed by atoms with E-state index < -0.39 is 23.4 Å². The Kier molecular flexibility index (Phi) is 6.20. The van der Waals surface area contributed by atoms with Crippen LogP contribution in [-0.2, 0) is 42.8 Å². The highest BCUT2D eigenvalue weighted by Crippen LogP contribution is 2.70. The molecule has 0 N–H and O–H groups in total. The van der Waals surface area contributed by atoms with Gasteiger partial charge in [0.2, 0.25) is 0 Å². The third-order valence-electron chi connectivity index (χ3n) is 9.86. The molecule has 10 atom stereocenters. The molecule has 9 heteroatoms. The maximum Gasteiger partial charge on any atom is 0.302 e. The summed E-state index contributed by atoms with van der Waals surface area (Å²) in [5.74, 6) is -0.827. The lowest BCUT2D eigenvalue weighted by Crippen LogP contribution is -2.69. The van der Waals surface area contributed by atoms with E-state index in [1.165, 1.54) is 20.8 Å². The second kappa shape index (κ2) is 8.70. The Morgan fingerprint density at radius 2 is 1.74 bits per heavy atom. The van der Waals surface area contributed by atoms with Crippen LogP contribution in [0.4, 0.5) is 0 Å². The highest BCUT2D eigenvalue weighted by atomic mass is 16.7. The van der Waals surface area contributed by atoms with E-state index in [0.717, 1.165) is 25.7 Å². The predicted molar refractivity (Wildman–Crippen MR) is 121 cm³/mol. The Balaban J connectivity index is 1.52. The largest absolute Gasteiger partial charge is 0.465 e. The molecule has 3 saturated heterocycles. The predicted octanol–water partition coefficient (Wildman–Crippen LogP) is 2.78. The third-order valence-corrected chi connectivity index (χ3v) is 9.86.